The van der Waals surface area contributed by atoms with E-state index in [1.807, 2.05) is 35.7 Å². The van der Waals surface area contributed by atoms with Crippen molar-refractivity contribution in [3.63, 3.8) is 0 Å². The maximum absolute atomic E-state index is 8.60. The Labute approximate surface area is 67.2 Å². The van der Waals surface area contributed by atoms with Gasteiger partial charge < -0.3 is 5.53 Å². The molecule has 2 rings (SSSR count). The van der Waals surface area contributed by atoms with Crippen LogP contribution >= 0.6 is 0 Å². The van der Waals surface area contributed by atoms with Crippen LogP contribution in [0.4, 0.5) is 0 Å². The summed E-state index contributed by atoms with van der Waals surface area (Å²) in [4.78, 5) is 1.11. The minimum absolute atomic E-state index is 0.409. The van der Waals surface area contributed by atoms with E-state index < -0.39 is 10.7 Å². The number of hydrogen-bond acceptors (Lipinski definition) is 0. The lowest BCUT2D eigenvalue weighted by Gasteiger charge is -1.90. The van der Waals surface area contributed by atoms with Crippen LogP contribution in [0.25, 0.3) is 11.6 Å². The number of rotatable bonds is 0. The predicted octanol–water partition coefficient (Wildman–Crippen LogP) is 1.92. The van der Waals surface area contributed by atoms with Gasteiger partial charge in [0.15, 0.2) is 0 Å². The lowest BCUT2D eigenvalue weighted by molar-refractivity contribution is 1.43. The molecular formula is C8H6N2S. The maximum atomic E-state index is 8.60. The Morgan fingerprint density at radius 1 is 1.27 bits per heavy atom. The van der Waals surface area contributed by atoms with E-state index in [-0.39, 0.29) is 0 Å². The van der Waals surface area contributed by atoms with Gasteiger partial charge in [-0.25, -0.2) is 0 Å². The Morgan fingerprint density at radius 3 is 2.91 bits per heavy atom. The third-order valence-electron chi connectivity index (χ3n) is 1.61. The van der Waals surface area contributed by atoms with E-state index in [0.29, 0.717) is 0 Å². The van der Waals surface area contributed by atoms with E-state index in [2.05, 4.69) is 4.16 Å². The molecule has 0 radical (unpaired) electrons. The van der Waals surface area contributed by atoms with Gasteiger partial charge in [-0.2, -0.15) is 0 Å². The highest BCUT2D eigenvalue weighted by Gasteiger charge is 2.14. The lowest BCUT2D eigenvalue weighted by atomic mass is 10.2. The summed E-state index contributed by atoms with van der Waals surface area (Å²) in [5.41, 5.74) is 9.76. The van der Waals surface area contributed by atoms with Gasteiger partial charge in [-0.15, -0.1) is 4.16 Å². The second-order valence-corrected chi connectivity index (χ2v) is 3.74. The summed E-state index contributed by atoms with van der Waals surface area (Å²) >= 11 is 0. The molecule has 1 unspecified atom stereocenters. The second-order valence-electron chi connectivity index (χ2n) is 2.24. The molecule has 0 saturated carbocycles. The number of fused-ring (bicyclic) bond motifs is 1. The first-order chi connectivity index (χ1) is 5.42. The zero-order valence-electron chi connectivity index (χ0n) is 5.77. The van der Waals surface area contributed by atoms with Crippen LogP contribution in [0.1, 0.15) is 5.56 Å². The molecule has 0 bridgehead atoms. The smallest absolute Gasteiger partial charge is 0.216 e. The van der Waals surface area contributed by atoms with Crippen molar-refractivity contribution < 1.29 is 0 Å². The van der Waals surface area contributed by atoms with Crippen LogP contribution in [-0.2, 0) is 10.7 Å². The van der Waals surface area contributed by atoms with Gasteiger partial charge in [0.1, 0.15) is 0 Å². The Morgan fingerprint density at radius 2 is 2.09 bits per heavy atom. The van der Waals surface area contributed by atoms with Crippen molar-refractivity contribution in [2.45, 2.75) is 4.90 Å². The predicted molar refractivity (Wildman–Crippen MR) is 46.6 cm³/mol. The molecule has 2 nitrogen and oxygen atoms in total. The molecule has 1 aliphatic heterocycles. The molecule has 0 amide bonds. The average Bonchev–Trinajstić information content (AvgIpc) is 2.47. The van der Waals surface area contributed by atoms with E-state index in [1.54, 1.807) is 0 Å². The third kappa shape index (κ3) is 0.946. The van der Waals surface area contributed by atoms with Crippen molar-refractivity contribution in [2.75, 3.05) is 0 Å². The molecule has 0 spiro atoms. The Kier molecular flexibility index (Phi) is 1.46. The largest absolute Gasteiger partial charge is 0.350 e. The summed E-state index contributed by atoms with van der Waals surface area (Å²) in [6.07, 6.45) is 1.98. The van der Waals surface area contributed by atoms with Crippen LogP contribution < -0.4 is 4.16 Å². The molecule has 0 saturated heterocycles. The average molecular weight is 162 g/mol. The fourth-order valence-corrected chi connectivity index (χ4v) is 2.25. The Hall–Kier alpha value is -1.18. The van der Waals surface area contributed by atoms with Crippen LogP contribution in [0.5, 0.6) is 0 Å². The van der Waals surface area contributed by atoms with Gasteiger partial charge in [0.25, 0.3) is 0 Å². The summed E-state index contributed by atoms with van der Waals surface area (Å²) in [6, 6.07) is 7.94. The van der Waals surface area contributed by atoms with Crippen LogP contribution in [0.2, 0.25) is 0 Å². The number of nitrogens with zero attached hydrogens (tertiary/aromatic N) is 2. The second kappa shape index (κ2) is 2.46. The number of benzene rings is 1. The highest BCUT2D eigenvalue weighted by Crippen LogP contribution is 2.22. The molecule has 0 aliphatic carbocycles. The van der Waals surface area contributed by atoms with Gasteiger partial charge in [-0.1, -0.05) is 18.2 Å². The van der Waals surface area contributed by atoms with E-state index in [1.165, 1.54) is 0 Å². The maximum Gasteiger partial charge on any atom is 0.216 e. The quantitative estimate of drug-likeness (QED) is 0.413. The standard InChI is InChI=1S/C8H6N2S/c9-10-11-6-5-7-3-1-2-4-8(7)11/h1-6H. The molecule has 0 N–H and O–H groups in total. The molecule has 0 fully saturated rings. The van der Waals surface area contributed by atoms with Crippen molar-refractivity contribution in [1.82, 2.24) is 4.16 Å². The van der Waals surface area contributed by atoms with Crippen LogP contribution in [0, 0.1) is 0 Å². The molecule has 54 valence electrons. The molecule has 1 aromatic rings. The van der Waals surface area contributed by atoms with E-state index in [4.69, 9.17) is 5.53 Å². The molecule has 1 aromatic carbocycles. The van der Waals surface area contributed by atoms with Gasteiger partial charge in [0, 0.05) is 5.41 Å². The normalized spacial score (nSPS) is 19.5. The fraction of sp³-hybridized carbons (Fsp3) is 0. The van der Waals surface area contributed by atoms with Crippen LogP contribution in [-0.4, -0.2) is 0 Å². The van der Waals surface area contributed by atoms with Crippen molar-refractivity contribution in [3.8, 4) is 0 Å². The molecule has 3 heteroatoms. The molecule has 1 heterocycles. The summed E-state index contributed by atoms with van der Waals surface area (Å²) < 4.78 is 3.27. The van der Waals surface area contributed by atoms with Gasteiger partial charge >= 0.3 is 0 Å². The van der Waals surface area contributed by atoms with E-state index in [0.717, 1.165) is 10.5 Å². The Bertz CT molecular complexity index is 375. The first-order valence-electron chi connectivity index (χ1n) is 3.27. The monoisotopic (exact) mass is 162 g/mol. The fourth-order valence-electron chi connectivity index (χ4n) is 1.09. The zero-order valence-corrected chi connectivity index (χ0v) is 6.58. The summed E-state index contributed by atoms with van der Waals surface area (Å²) in [7, 11) is -0.409. The Balaban J connectivity index is 2.72. The van der Waals surface area contributed by atoms with Crippen LogP contribution in [0.15, 0.2) is 34.6 Å². The lowest BCUT2D eigenvalue weighted by Crippen LogP contribution is -1.84. The summed E-state index contributed by atoms with van der Waals surface area (Å²) in [6.45, 7) is 0. The van der Waals surface area contributed by atoms with Crippen molar-refractivity contribution in [1.29, 1.82) is 0 Å². The molecule has 11 heavy (non-hydrogen) atoms. The first kappa shape index (κ1) is 6.53. The van der Waals surface area contributed by atoms with Crippen molar-refractivity contribution >= 4 is 16.8 Å². The topological polar surface area (TPSA) is 36.4 Å². The summed E-state index contributed by atoms with van der Waals surface area (Å²) in [5, 5.41) is 1.91. The van der Waals surface area contributed by atoms with Crippen molar-refractivity contribution in [2.24, 2.45) is 0 Å². The SMILES string of the molecule is [N-]=[N+]=S1C=Cc2ccccc21. The minimum Gasteiger partial charge on any atom is -0.350 e. The van der Waals surface area contributed by atoms with Crippen LogP contribution in [0.3, 0.4) is 0 Å². The van der Waals surface area contributed by atoms with Gasteiger partial charge in [0.2, 0.25) is 10.7 Å². The highest BCUT2D eigenvalue weighted by atomic mass is 32.2. The third-order valence-corrected chi connectivity index (χ3v) is 3.00. The van der Waals surface area contributed by atoms with E-state index >= 15 is 0 Å². The molecule has 0 aromatic heterocycles. The van der Waals surface area contributed by atoms with Gasteiger partial charge in [0.05, 0.1) is 4.90 Å². The highest BCUT2D eigenvalue weighted by molar-refractivity contribution is 7.90. The number of hydrogen-bond donors (Lipinski definition) is 0. The van der Waals surface area contributed by atoms with Gasteiger partial charge in [-0.3, -0.25) is 0 Å². The zero-order chi connectivity index (χ0) is 7.68. The molecule has 1 atom stereocenters. The van der Waals surface area contributed by atoms with Crippen molar-refractivity contribution in [3.05, 3.63) is 40.8 Å². The summed E-state index contributed by atoms with van der Waals surface area (Å²) in [5.74, 6) is 0. The van der Waals surface area contributed by atoms with Gasteiger partial charge in [-0.05, 0) is 17.7 Å². The minimum atomic E-state index is -0.409. The molecule has 1 aliphatic rings. The first-order valence-corrected chi connectivity index (χ1v) is 4.52. The van der Waals surface area contributed by atoms with E-state index in [9.17, 15) is 0 Å². The molecular weight excluding hydrogens is 156 g/mol.